The predicted molar refractivity (Wildman–Crippen MR) is 84.5 cm³/mol. The third-order valence-corrected chi connectivity index (χ3v) is 3.76. The monoisotopic (exact) mass is 317 g/mol. The fourth-order valence-corrected chi connectivity index (χ4v) is 2.52. The molecule has 22 heavy (non-hydrogen) atoms. The van der Waals surface area contributed by atoms with Crippen molar-refractivity contribution in [1.29, 1.82) is 0 Å². The summed E-state index contributed by atoms with van der Waals surface area (Å²) in [5.41, 5.74) is 0.578. The number of carbonyl (C=O) groups excluding carboxylic acids is 1. The largest absolute Gasteiger partial charge is 0.456 e. The van der Waals surface area contributed by atoms with E-state index in [0.717, 1.165) is 13.1 Å². The Kier molecular flexibility index (Phi) is 4.56. The minimum Gasteiger partial charge on any atom is -0.456 e. The van der Waals surface area contributed by atoms with Gasteiger partial charge in [-0.15, -0.1) is 0 Å². The molecule has 1 aliphatic heterocycles. The summed E-state index contributed by atoms with van der Waals surface area (Å²) in [6, 6.07) is 8.61. The van der Waals surface area contributed by atoms with Crippen LogP contribution >= 0.6 is 11.6 Å². The number of rotatable bonds is 3. The third-order valence-electron chi connectivity index (χ3n) is 3.46. The van der Waals surface area contributed by atoms with Gasteiger partial charge in [-0.25, -0.2) is 0 Å². The van der Waals surface area contributed by atoms with Gasteiger partial charge in [-0.3, -0.25) is 9.78 Å². The van der Waals surface area contributed by atoms with Crippen LogP contribution in [0.2, 0.25) is 5.02 Å². The molecule has 1 saturated heterocycles. The average molecular weight is 318 g/mol. The minimum atomic E-state index is -0.00105. The van der Waals surface area contributed by atoms with Gasteiger partial charge in [0.15, 0.2) is 0 Å². The average Bonchev–Trinajstić information content (AvgIpc) is 2.58. The quantitative estimate of drug-likeness (QED) is 0.945. The maximum Gasteiger partial charge on any atom is 0.253 e. The van der Waals surface area contributed by atoms with Gasteiger partial charge in [0.05, 0.1) is 5.02 Å². The number of benzene rings is 1. The summed E-state index contributed by atoms with van der Waals surface area (Å²) >= 11 is 6.24. The van der Waals surface area contributed by atoms with Crippen molar-refractivity contribution >= 4 is 17.5 Å². The number of pyridine rings is 1. The lowest BCUT2D eigenvalue weighted by Crippen LogP contribution is -2.46. The normalized spacial score (nSPS) is 14.7. The first-order valence-electron chi connectivity index (χ1n) is 7.11. The van der Waals surface area contributed by atoms with Gasteiger partial charge in [0.25, 0.3) is 5.91 Å². The van der Waals surface area contributed by atoms with Gasteiger partial charge in [0.2, 0.25) is 0 Å². The molecule has 5 nitrogen and oxygen atoms in total. The first-order chi connectivity index (χ1) is 10.7. The van der Waals surface area contributed by atoms with Crippen LogP contribution < -0.4 is 10.1 Å². The van der Waals surface area contributed by atoms with Gasteiger partial charge in [-0.1, -0.05) is 11.6 Å². The van der Waals surface area contributed by atoms with Crippen LogP contribution in [0.15, 0.2) is 42.7 Å². The number of hydrogen-bond acceptors (Lipinski definition) is 4. The Morgan fingerprint density at radius 3 is 2.59 bits per heavy atom. The van der Waals surface area contributed by atoms with E-state index in [9.17, 15) is 4.79 Å². The van der Waals surface area contributed by atoms with Gasteiger partial charge < -0.3 is 15.0 Å². The van der Waals surface area contributed by atoms with E-state index >= 15 is 0 Å². The minimum absolute atomic E-state index is 0.00105. The van der Waals surface area contributed by atoms with E-state index in [2.05, 4.69) is 10.3 Å². The Morgan fingerprint density at radius 2 is 1.91 bits per heavy atom. The molecule has 2 heterocycles. The highest BCUT2D eigenvalue weighted by molar-refractivity contribution is 6.32. The maximum atomic E-state index is 12.4. The molecule has 1 fully saturated rings. The number of aromatic nitrogens is 1. The lowest BCUT2D eigenvalue weighted by atomic mass is 10.1. The van der Waals surface area contributed by atoms with Crippen molar-refractivity contribution in [3.05, 3.63) is 53.3 Å². The number of hydrogen-bond donors (Lipinski definition) is 1. The lowest BCUT2D eigenvalue weighted by molar-refractivity contribution is 0.0736. The molecule has 1 aromatic heterocycles. The molecule has 1 N–H and O–H groups in total. The zero-order valence-electron chi connectivity index (χ0n) is 12.0. The SMILES string of the molecule is O=C(c1ccc(Oc2ccncc2)c(Cl)c1)N1CCNCC1. The summed E-state index contributed by atoms with van der Waals surface area (Å²) in [6.45, 7) is 3.07. The standard InChI is InChI=1S/C16H16ClN3O2/c17-14-11-12(16(21)20-9-7-19-8-10-20)1-2-15(14)22-13-3-5-18-6-4-13/h1-6,11,19H,7-10H2. The molecule has 2 aromatic rings. The summed E-state index contributed by atoms with van der Waals surface area (Å²) in [5.74, 6) is 1.17. The second-order valence-corrected chi connectivity index (χ2v) is 5.38. The van der Waals surface area contributed by atoms with Gasteiger partial charge >= 0.3 is 0 Å². The van der Waals surface area contributed by atoms with Crippen LogP contribution in [0.4, 0.5) is 0 Å². The van der Waals surface area contributed by atoms with Gasteiger partial charge in [0, 0.05) is 44.1 Å². The second-order valence-electron chi connectivity index (χ2n) is 4.97. The van der Waals surface area contributed by atoms with E-state index in [1.807, 2.05) is 4.90 Å². The Hall–Kier alpha value is -2.11. The molecule has 0 atom stereocenters. The van der Waals surface area contributed by atoms with E-state index in [1.165, 1.54) is 0 Å². The summed E-state index contributed by atoms with van der Waals surface area (Å²) in [5, 5.41) is 3.64. The first kappa shape index (κ1) is 14.8. The molecule has 1 amide bonds. The number of piperazine rings is 1. The van der Waals surface area contributed by atoms with E-state index in [4.69, 9.17) is 16.3 Å². The Labute approximate surface area is 133 Å². The fourth-order valence-electron chi connectivity index (χ4n) is 2.30. The van der Waals surface area contributed by atoms with Gasteiger partial charge in [-0.05, 0) is 30.3 Å². The fraction of sp³-hybridized carbons (Fsp3) is 0.250. The van der Waals surface area contributed by atoms with E-state index < -0.39 is 0 Å². The van der Waals surface area contributed by atoms with Crippen LogP contribution in [0.5, 0.6) is 11.5 Å². The Morgan fingerprint density at radius 1 is 1.18 bits per heavy atom. The highest BCUT2D eigenvalue weighted by Gasteiger charge is 2.19. The zero-order valence-corrected chi connectivity index (χ0v) is 12.7. The van der Waals surface area contributed by atoms with Gasteiger partial charge in [-0.2, -0.15) is 0 Å². The molecular formula is C16H16ClN3O2. The summed E-state index contributed by atoms with van der Waals surface area (Å²) < 4.78 is 5.68. The second kappa shape index (κ2) is 6.77. The van der Waals surface area contributed by atoms with Crippen molar-refractivity contribution in [1.82, 2.24) is 15.2 Å². The predicted octanol–water partition coefficient (Wildman–Crippen LogP) is 2.57. The van der Waals surface area contributed by atoms with Crippen LogP contribution in [-0.2, 0) is 0 Å². The van der Waals surface area contributed by atoms with Crippen LogP contribution in [-0.4, -0.2) is 42.0 Å². The zero-order chi connectivity index (χ0) is 15.4. The van der Waals surface area contributed by atoms with Crippen molar-refractivity contribution in [2.45, 2.75) is 0 Å². The molecule has 0 unspecified atom stereocenters. The molecule has 0 spiro atoms. The molecule has 0 saturated carbocycles. The number of nitrogens with zero attached hydrogens (tertiary/aromatic N) is 2. The molecule has 1 aromatic carbocycles. The maximum absolute atomic E-state index is 12.4. The first-order valence-corrected chi connectivity index (χ1v) is 7.49. The van der Waals surface area contributed by atoms with E-state index in [-0.39, 0.29) is 5.91 Å². The van der Waals surface area contributed by atoms with Crippen LogP contribution in [0.25, 0.3) is 0 Å². The van der Waals surface area contributed by atoms with Crippen LogP contribution in [0.3, 0.4) is 0 Å². The molecular weight excluding hydrogens is 302 g/mol. The Bertz CT molecular complexity index is 658. The van der Waals surface area contributed by atoms with Crippen LogP contribution in [0, 0.1) is 0 Å². The smallest absolute Gasteiger partial charge is 0.253 e. The van der Waals surface area contributed by atoms with Crippen molar-refractivity contribution in [3.8, 4) is 11.5 Å². The topological polar surface area (TPSA) is 54.5 Å². The summed E-state index contributed by atoms with van der Waals surface area (Å²) in [7, 11) is 0. The number of halogens is 1. The summed E-state index contributed by atoms with van der Waals surface area (Å²) in [6.07, 6.45) is 3.29. The molecule has 3 rings (SSSR count). The van der Waals surface area contributed by atoms with Crippen molar-refractivity contribution in [2.24, 2.45) is 0 Å². The number of ether oxygens (including phenoxy) is 1. The number of amides is 1. The lowest BCUT2D eigenvalue weighted by Gasteiger charge is -2.27. The van der Waals surface area contributed by atoms with Crippen molar-refractivity contribution in [2.75, 3.05) is 26.2 Å². The van der Waals surface area contributed by atoms with E-state index in [1.54, 1.807) is 42.7 Å². The molecule has 114 valence electrons. The molecule has 0 aliphatic carbocycles. The summed E-state index contributed by atoms with van der Waals surface area (Å²) in [4.78, 5) is 18.2. The highest BCUT2D eigenvalue weighted by atomic mass is 35.5. The van der Waals surface area contributed by atoms with Crippen molar-refractivity contribution < 1.29 is 9.53 Å². The van der Waals surface area contributed by atoms with Crippen LogP contribution in [0.1, 0.15) is 10.4 Å². The third kappa shape index (κ3) is 3.37. The van der Waals surface area contributed by atoms with E-state index in [0.29, 0.717) is 35.2 Å². The number of nitrogens with one attached hydrogen (secondary N) is 1. The van der Waals surface area contributed by atoms with Crippen molar-refractivity contribution in [3.63, 3.8) is 0 Å². The highest BCUT2D eigenvalue weighted by Crippen LogP contribution is 2.30. The Balaban J connectivity index is 1.75. The van der Waals surface area contributed by atoms with Gasteiger partial charge in [0.1, 0.15) is 11.5 Å². The molecule has 0 bridgehead atoms. The molecule has 0 radical (unpaired) electrons. The molecule has 6 heteroatoms. The number of carbonyl (C=O) groups is 1. The molecule has 1 aliphatic rings.